The third kappa shape index (κ3) is 3.31. The number of imide groups is 1. The first-order valence-corrected chi connectivity index (χ1v) is 9.08. The lowest BCUT2D eigenvalue weighted by Gasteiger charge is -2.14. The molecular formula is C20H23N3O2. The molecule has 2 aromatic rings. The predicted octanol–water partition coefficient (Wildman–Crippen LogP) is 3.12. The van der Waals surface area contributed by atoms with Crippen molar-refractivity contribution in [3.8, 4) is 0 Å². The summed E-state index contributed by atoms with van der Waals surface area (Å²) in [6.07, 6.45) is 6.45. The van der Waals surface area contributed by atoms with Crippen LogP contribution < -0.4 is 16.0 Å². The average molecular weight is 337 g/mol. The number of nitrogens with one attached hydrogen (secondary N) is 3. The van der Waals surface area contributed by atoms with Crippen molar-refractivity contribution >= 4 is 28.4 Å². The first-order chi connectivity index (χ1) is 12.2. The van der Waals surface area contributed by atoms with Gasteiger partial charge in [0.1, 0.15) is 0 Å². The molecule has 5 heteroatoms. The monoisotopic (exact) mass is 337 g/mol. The molecule has 2 aliphatic carbocycles. The summed E-state index contributed by atoms with van der Waals surface area (Å²) in [7, 11) is 0. The molecule has 0 atom stereocenters. The van der Waals surface area contributed by atoms with Crippen molar-refractivity contribution in [2.24, 2.45) is 0 Å². The molecule has 1 saturated carbocycles. The SMILES string of the molecule is O=C(CNc1ccc2c3c(cccc13)CC2)NC(=O)NC1CCCC1. The highest BCUT2D eigenvalue weighted by Crippen LogP contribution is 2.34. The number of carbonyl (C=O) groups is 2. The van der Waals surface area contributed by atoms with Gasteiger partial charge in [-0.2, -0.15) is 0 Å². The maximum atomic E-state index is 12.0. The maximum absolute atomic E-state index is 12.0. The highest BCUT2D eigenvalue weighted by atomic mass is 16.2. The number of hydrogen-bond donors (Lipinski definition) is 3. The van der Waals surface area contributed by atoms with E-state index in [4.69, 9.17) is 0 Å². The molecule has 130 valence electrons. The first-order valence-electron chi connectivity index (χ1n) is 9.08. The molecule has 0 spiro atoms. The van der Waals surface area contributed by atoms with Gasteiger partial charge in [0.2, 0.25) is 5.91 Å². The Morgan fingerprint density at radius 2 is 1.76 bits per heavy atom. The fraction of sp³-hybridized carbons (Fsp3) is 0.400. The second-order valence-corrected chi connectivity index (χ2v) is 6.97. The Morgan fingerprint density at radius 1 is 1.00 bits per heavy atom. The van der Waals surface area contributed by atoms with Gasteiger partial charge in [0.15, 0.2) is 0 Å². The molecule has 1 fully saturated rings. The Labute approximate surface area is 147 Å². The quantitative estimate of drug-likeness (QED) is 0.803. The number of aryl methyl sites for hydroxylation is 2. The predicted molar refractivity (Wildman–Crippen MR) is 98.8 cm³/mol. The summed E-state index contributed by atoms with van der Waals surface area (Å²) in [4.78, 5) is 23.9. The summed E-state index contributed by atoms with van der Waals surface area (Å²) in [5, 5.41) is 10.9. The molecule has 25 heavy (non-hydrogen) atoms. The molecular weight excluding hydrogens is 314 g/mol. The van der Waals surface area contributed by atoms with Crippen LogP contribution in [0.5, 0.6) is 0 Å². The zero-order valence-electron chi connectivity index (χ0n) is 14.2. The number of benzene rings is 2. The number of carbonyl (C=O) groups excluding carboxylic acids is 2. The minimum atomic E-state index is -0.390. The fourth-order valence-corrected chi connectivity index (χ4v) is 4.04. The third-order valence-corrected chi connectivity index (χ3v) is 5.26. The van der Waals surface area contributed by atoms with Crippen molar-refractivity contribution in [1.82, 2.24) is 10.6 Å². The highest BCUT2D eigenvalue weighted by Gasteiger charge is 2.19. The van der Waals surface area contributed by atoms with Gasteiger partial charge in [-0.1, -0.05) is 37.1 Å². The Hall–Kier alpha value is -2.56. The van der Waals surface area contributed by atoms with Crippen LogP contribution in [-0.2, 0) is 17.6 Å². The lowest BCUT2D eigenvalue weighted by atomic mass is 10.0. The van der Waals surface area contributed by atoms with E-state index in [0.717, 1.165) is 49.6 Å². The van der Waals surface area contributed by atoms with E-state index in [-0.39, 0.29) is 24.5 Å². The normalized spacial score (nSPS) is 16.2. The van der Waals surface area contributed by atoms with E-state index < -0.39 is 0 Å². The molecule has 0 bridgehead atoms. The molecule has 0 saturated heterocycles. The van der Waals surface area contributed by atoms with Gasteiger partial charge in [-0.05, 0) is 48.3 Å². The first kappa shape index (κ1) is 15.9. The van der Waals surface area contributed by atoms with E-state index in [1.807, 2.05) is 6.07 Å². The zero-order chi connectivity index (χ0) is 17.2. The molecule has 2 aliphatic rings. The molecule has 0 aromatic heterocycles. The van der Waals surface area contributed by atoms with Gasteiger partial charge in [-0.3, -0.25) is 10.1 Å². The standard InChI is InChI=1S/C20H23N3O2/c24-18(23-20(25)22-15-5-1-2-6-15)12-21-17-11-10-14-9-8-13-4-3-7-16(17)19(13)14/h3-4,7,10-11,15,21H,1-2,5-6,8-9,12H2,(H2,22,23,24,25). The van der Waals surface area contributed by atoms with E-state index >= 15 is 0 Å². The molecule has 3 N–H and O–H groups in total. The van der Waals surface area contributed by atoms with Crippen molar-refractivity contribution in [3.05, 3.63) is 41.5 Å². The van der Waals surface area contributed by atoms with Crippen LogP contribution in [0.3, 0.4) is 0 Å². The van der Waals surface area contributed by atoms with Gasteiger partial charge >= 0.3 is 6.03 Å². The molecule has 0 aliphatic heterocycles. The van der Waals surface area contributed by atoms with Crippen LogP contribution in [0.25, 0.3) is 10.8 Å². The largest absolute Gasteiger partial charge is 0.376 e. The van der Waals surface area contributed by atoms with Crippen LogP contribution in [0.15, 0.2) is 30.3 Å². The highest BCUT2D eigenvalue weighted by molar-refractivity contribution is 6.01. The summed E-state index contributed by atoms with van der Waals surface area (Å²) < 4.78 is 0. The van der Waals surface area contributed by atoms with Crippen molar-refractivity contribution in [3.63, 3.8) is 0 Å². The summed E-state index contributed by atoms with van der Waals surface area (Å²) in [5.41, 5.74) is 3.68. The summed E-state index contributed by atoms with van der Waals surface area (Å²) in [5.74, 6) is -0.321. The molecule has 3 amide bonds. The second-order valence-electron chi connectivity index (χ2n) is 6.97. The molecule has 0 heterocycles. The van der Waals surface area contributed by atoms with Crippen molar-refractivity contribution in [1.29, 1.82) is 0 Å². The number of urea groups is 1. The van der Waals surface area contributed by atoms with Gasteiger partial charge in [0.05, 0.1) is 6.54 Å². The van der Waals surface area contributed by atoms with Gasteiger partial charge in [0.25, 0.3) is 0 Å². The van der Waals surface area contributed by atoms with Crippen molar-refractivity contribution in [2.45, 2.75) is 44.6 Å². The van der Waals surface area contributed by atoms with Gasteiger partial charge in [-0.25, -0.2) is 4.79 Å². The van der Waals surface area contributed by atoms with Gasteiger partial charge < -0.3 is 10.6 Å². The summed E-state index contributed by atoms with van der Waals surface area (Å²) in [6, 6.07) is 10.3. The van der Waals surface area contributed by atoms with Crippen LogP contribution in [0.1, 0.15) is 36.8 Å². The molecule has 2 aromatic carbocycles. The van der Waals surface area contributed by atoms with Crippen LogP contribution in [-0.4, -0.2) is 24.5 Å². The van der Waals surface area contributed by atoms with Crippen LogP contribution in [0.4, 0.5) is 10.5 Å². The van der Waals surface area contributed by atoms with Crippen LogP contribution >= 0.6 is 0 Å². The lowest BCUT2D eigenvalue weighted by Crippen LogP contribution is -2.45. The third-order valence-electron chi connectivity index (χ3n) is 5.26. The molecule has 0 unspecified atom stereocenters. The Morgan fingerprint density at radius 3 is 2.56 bits per heavy atom. The Balaban J connectivity index is 1.37. The van der Waals surface area contributed by atoms with E-state index in [1.165, 1.54) is 16.5 Å². The number of hydrogen-bond acceptors (Lipinski definition) is 3. The second kappa shape index (κ2) is 6.75. The van der Waals surface area contributed by atoms with Gasteiger partial charge in [0, 0.05) is 17.1 Å². The molecule has 0 radical (unpaired) electrons. The topological polar surface area (TPSA) is 70.2 Å². The zero-order valence-corrected chi connectivity index (χ0v) is 14.2. The smallest absolute Gasteiger partial charge is 0.321 e. The van der Waals surface area contributed by atoms with E-state index in [0.29, 0.717) is 0 Å². The number of amides is 3. The van der Waals surface area contributed by atoms with E-state index in [9.17, 15) is 9.59 Å². The van der Waals surface area contributed by atoms with Crippen LogP contribution in [0.2, 0.25) is 0 Å². The number of anilines is 1. The Bertz CT molecular complexity index is 815. The minimum Gasteiger partial charge on any atom is -0.376 e. The molecule has 5 nitrogen and oxygen atoms in total. The number of rotatable bonds is 4. The van der Waals surface area contributed by atoms with Crippen molar-refractivity contribution < 1.29 is 9.59 Å². The average Bonchev–Trinajstić information content (AvgIpc) is 3.25. The van der Waals surface area contributed by atoms with Gasteiger partial charge in [-0.15, -0.1) is 0 Å². The van der Waals surface area contributed by atoms with E-state index in [1.54, 1.807) is 0 Å². The summed E-state index contributed by atoms with van der Waals surface area (Å²) in [6.45, 7) is 0.0801. The van der Waals surface area contributed by atoms with Crippen molar-refractivity contribution in [2.75, 3.05) is 11.9 Å². The summed E-state index contributed by atoms with van der Waals surface area (Å²) >= 11 is 0. The van der Waals surface area contributed by atoms with E-state index in [2.05, 4.69) is 40.2 Å². The minimum absolute atomic E-state index is 0.0801. The fourth-order valence-electron chi connectivity index (χ4n) is 4.04. The van der Waals surface area contributed by atoms with Crippen LogP contribution in [0, 0.1) is 0 Å². The maximum Gasteiger partial charge on any atom is 0.321 e. The molecule has 4 rings (SSSR count). The Kier molecular flexibility index (Phi) is 4.30. The lowest BCUT2D eigenvalue weighted by molar-refractivity contribution is -0.118.